The highest BCUT2D eigenvalue weighted by molar-refractivity contribution is 6.33. The summed E-state index contributed by atoms with van der Waals surface area (Å²) >= 11 is 6.32. The Morgan fingerprint density at radius 1 is 1.18 bits per heavy atom. The van der Waals surface area contributed by atoms with E-state index in [0.717, 1.165) is 29.7 Å². The van der Waals surface area contributed by atoms with Gasteiger partial charge in [0.25, 0.3) is 0 Å². The van der Waals surface area contributed by atoms with Crippen molar-refractivity contribution in [2.24, 2.45) is 0 Å². The summed E-state index contributed by atoms with van der Waals surface area (Å²) in [5.41, 5.74) is 3.98. The fourth-order valence-corrected chi connectivity index (χ4v) is 2.64. The van der Waals surface area contributed by atoms with Gasteiger partial charge in [0, 0.05) is 6.42 Å². The predicted molar refractivity (Wildman–Crippen MR) is 70.1 cm³/mol. The first kappa shape index (κ1) is 12.7. The quantitative estimate of drug-likeness (QED) is 0.897. The summed E-state index contributed by atoms with van der Waals surface area (Å²) in [6.07, 6.45) is 2.50. The third kappa shape index (κ3) is 2.16. The number of halogens is 1. The van der Waals surface area contributed by atoms with Crippen molar-refractivity contribution in [3.05, 3.63) is 27.3 Å². The van der Waals surface area contributed by atoms with Gasteiger partial charge in [-0.2, -0.15) is 0 Å². The topological polar surface area (TPSA) is 29.5 Å². The van der Waals surface area contributed by atoms with Crippen molar-refractivity contribution in [2.75, 3.05) is 7.11 Å². The van der Waals surface area contributed by atoms with Crippen LogP contribution in [-0.4, -0.2) is 17.8 Å². The molecule has 0 aromatic heterocycles. The zero-order valence-electron chi connectivity index (χ0n) is 10.9. The van der Waals surface area contributed by atoms with E-state index in [1.807, 2.05) is 13.8 Å². The average molecular weight is 255 g/mol. The van der Waals surface area contributed by atoms with Gasteiger partial charge in [-0.3, -0.25) is 0 Å². The van der Waals surface area contributed by atoms with Crippen molar-refractivity contribution in [3.63, 3.8) is 0 Å². The summed E-state index contributed by atoms with van der Waals surface area (Å²) in [7, 11) is 1.64. The highest BCUT2D eigenvalue weighted by atomic mass is 35.5. The largest absolute Gasteiger partial charge is 0.495 e. The van der Waals surface area contributed by atoms with Crippen LogP contribution < -0.4 is 4.74 Å². The molecule has 2 rings (SSSR count). The van der Waals surface area contributed by atoms with Gasteiger partial charge in [-0.1, -0.05) is 11.6 Å². The standard InChI is InChI=1S/C14H19ClO2/c1-8-9(2)13(17-4)12(15)10(3)11(8)7-14(16)5-6-14/h16H,5-7H2,1-4H3. The molecule has 1 aliphatic rings. The zero-order valence-corrected chi connectivity index (χ0v) is 11.6. The molecule has 0 heterocycles. The smallest absolute Gasteiger partial charge is 0.140 e. The van der Waals surface area contributed by atoms with E-state index < -0.39 is 5.60 Å². The molecule has 3 heteroatoms. The van der Waals surface area contributed by atoms with Crippen LogP contribution in [0.2, 0.25) is 5.02 Å². The Labute approximate surface area is 108 Å². The van der Waals surface area contributed by atoms with E-state index in [1.165, 1.54) is 11.1 Å². The Hall–Kier alpha value is -0.730. The molecular formula is C14H19ClO2. The Morgan fingerprint density at radius 2 is 1.76 bits per heavy atom. The number of ether oxygens (including phenoxy) is 1. The van der Waals surface area contributed by atoms with Crippen LogP contribution in [0.3, 0.4) is 0 Å². The molecule has 0 radical (unpaired) electrons. The van der Waals surface area contributed by atoms with Crippen molar-refractivity contribution >= 4 is 11.6 Å². The Morgan fingerprint density at radius 3 is 2.24 bits per heavy atom. The van der Waals surface area contributed by atoms with Crippen LogP contribution in [0.4, 0.5) is 0 Å². The number of hydrogen-bond acceptors (Lipinski definition) is 2. The lowest BCUT2D eigenvalue weighted by Crippen LogP contribution is -2.14. The molecule has 1 aromatic carbocycles. The first-order valence-corrected chi connectivity index (χ1v) is 6.32. The molecule has 0 atom stereocenters. The number of rotatable bonds is 3. The van der Waals surface area contributed by atoms with E-state index in [2.05, 4.69) is 6.92 Å². The lowest BCUT2D eigenvalue weighted by Gasteiger charge is -2.20. The van der Waals surface area contributed by atoms with Crippen molar-refractivity contribution in [3.8, 4) is 5.75 Å². The third-order valence-corrected chi connectivity index (χ3v) is 4.33. The molecule has 1 aromatic rings. The lowest BCUT2D eigenvalue weighted by molar-refractivity contribution is 0.150. The van der Waals surface area contributed by atoms with E-state index in [-0.39, 0.29) is 0 Å². The molecule has 94 valence electrons. The Bertz CT molecular complexity index is 433. The van der Waals surface area contributed by atoms with Crippen LogP contribution in [0.15, 0.2) is 0 Å². The minimum atomic E-state index is -0.486. The highest BCUT2D eigenvalue weighted by Crippen LogP contribution is 2.43. The van der Waals surface area contributed by atoms with Gasteiger partial charge in [0.2, 0.25) is 0 Å². The zero-order chi connectivity index (χ0) is 12.8. The summed E-state index contributed by atoms with van der Waals surface area (Å²) in [4.78, 5) is 0. The monoisotopic (exact) mass is 254 g/mol. The molecule has 2 nitrogen and oxygen atoms in total. The molecule has 0 saturated heterocycles. The molecule has 1 N–H and O–H groups in total. The van der Waals surface area contributed by atoms with Gasteiger partial charge < -0.3 is 9.84 Å². The molecule has 0 amide bonds. The van der Waals surface area contributed by atoms with Crippen LogP contribution in [-0.2, 0) is 6.42 Å². The van der Waals surface area contributed by atoms with Crippen molar-refractivity contribution in [2.45, 2.75) is 45.6 Å². The van der Waals surface area contributed by atoms with Crippen LogP contribution in [0.25, 0.3) is 0 Å². The van der Waals surface area contributed by atoms with Gasteiger partial charge in [-0.25, -0.2) is 0 Å². The summed E-state index contributed by atoms with van der Waals surface area (Å²) in [6.45, 7) is 6.08. The number of aliphatic hydroxyl groups is 1. The maximum atomic E-state index is 10.1. The second-order valence-corrected chi connectivity index (χ2v) is 5.48. The van der Waals surface area contributed by atoms with Crippen LogP contribution in [0.5, 0.6) is 5.75 Å². The third-order valence-electron chi connectivity index (χ3n) is 3.87. The first-order chi connectivity index (χ1) is 7.89. The lowest BCUT2D eigenvalue weighted by atomic mass is 9.92. The average Bonchev–Trinajstić information content (AvgIpc) is 3.01. The fourth-order valence-electron chi connectivity index (χ4n) is 2.30. The van der Waals surface area contributed by atoms with Gasteiger partial charge in [0.1, 0.15) is 5.75 Å². The van der Waals surface area contributed by atoms with E-state index in [1.54, 1.807) is 7.11 Å². The van der Waals surface area contributed by atoms with Gasteiger partial charge in [0.05, 0.1) is 17.7 Å². The number of hydrogen-bond donors (Lipinski definition) is 1. The molecule has 0 unspecified atom stereocenters. The molecule has 1 aliphatic carbocycles. The van der Waals surface area contributed by atoms with Gasteiger partial charge >= 0.3 is 0 Å². The first-order valence-electron chi connectivity index (χ1n) is 5.94. The summed E-state index contributed by atoms with van der Waals surface area (Å²) < 4.78 is 5.34. The van der Waals surface area contributed by atoms with Gasteiger partial charge in [0.15, 0.2) is 0 Å². The van der Waals surface area contributed by atoms with Crippen LogP contribution in [0, 0.1) is 20.8 Å². The Balaban J connectivity index is 2.52. The maximum absolute atomic E-state index is 10.1. The van der Waals surface area contributed by atoms with Crippen molar-refractivity contribution in [1.82, 2.24) is 0 Å². The fraction of sp³-hybridized carbons (Fsp3) is 0.571. The van der Waals surface area contributed by atoms with E-state index >= 15 is 0 Å². The van der Waals surface area contributed by atoms with E-state index in [9.17, 15) is 5.11 Å². The van der Waals surface area contributed by atoms with Crippen LogP contribution >= 0.6 is 11.6 Å². The molecule has 17 heavy (non-hydrogen) atoms. The second kappa shape index (κ2) is 4.18. The van der Waals surface area contributed by atoms with Gasteiger partial charge in [-0.15, -0.1) is 0 Å². The van der Waals surface area contributed by atoms with Crippen molar-refractivity contribution < 1.29 is 9.84 Å². The molecular weight excluding hydrogens is 236 g/mol. The minimum Gasteiger partial charge on any atom is -0.495 e. The summed E-state index contributed by atoms with van der Waals surface area (Å²) in [5, 5.41) is 10.7. The van der Waals surface area contributed by atoms with Crippen molar-refractivity contribution in [1.29, 1.82) is 0 Å². The second-order valence-electron chi connectivity index (χ2n) is 5.10. The molecule has 1 fully saturated rings. The molecule has 0 aliphatic heterocycles. The predicted octanol–water partition coefficient (Wildman–Crippen LogP) is 3.34. The maximum Gasteiger partial charge on any atom is 0.140 e. The Kier molecular flexibility index (Phi) is 3.13. The van der Waals surface area contributed by atoms with E-state index in [4.69, 9.17) is 16.3 Å². The van der Waals surface area contributed by atoms with Gasteiger partial charge in [-0.05, 0) is 55.9 Å². The molecule has 1 saturated carbocycles. The number of methoxy groups -OCH3 is 1. The molecule has 0 spiro atoms. The highest BCUT2D eigenvalue weighted by Gasteiger charge is 2.41. The summed E-state index contributed by atoms with van der Waals surface area (Å²) in [5.74, 6) is 0.758. The molecule has 0 bridgehead atoms. The van der Waals surface area contributed by atoms with Crippen LogP contribution in [0.1, 0.15) is 35.1 Å². The van der Waals surface area contributed by atoms with E-state index in [0.29, 0.717) is 11.4 Å². The summed E-state index contributed by atoms with van der Waals surface area (Å²) in [6, 6.07) is 0. The normalized spacial score (nSPS) is 17.1. The SMILES string of the molecule is COc1c(C)c(C)c(CC2(O)CC2)c(C)c1Cl. The number of benzene rings is 1. The minimum absolute atomic E-state index is 0.486.